The van der Waals surface area contributed by atoms with Crippen LogP contribution in [0.3, 0.4) is 0 Å². The molecule has 1 saturated heterocycles. The van der Waals surface area contributed by atoms with Crippen molar-refractivity contribution < 1.29 is 9.90 Å². The maximum atomic E-state index is 10.4. The van der Waals surface area contributed by atoms with Crippen LogP contribution in [0.1, 0.15) is 26.7 Å². The van der Waals surface area contributed by atoms with Crippen molar-refractivity contribution in [3.05, 3.63) is 0 Å². The quantitative estimate of drug-likeness (QED) is 0.762. The molecule has 1 aliphatic heterocycles. The van der Waals surface area contributed by atoms with E-state index in [0.717, 1.165) is 23.4 Å². The summed E-state index contributed by atoms with van der Waals surface area (Å²) in [7, 11) is 0. The van der Waals surface area contributed by atoms with E-state index >= 15 is 0 Å². The van der Waals surface area contributed by atoms with Gasteiger partial charge in [0.15, 0.2) is 0 Å². The molecule has 1 N–H and O–H groups in total. The zero-order chi connectivity index (χ0) is 12.1. The lowest BCUT2D eigenvalue weighted by molar-refractivity contribution is -0.137. The van der Waals surface area contributed by atoms with Crippen molar-refractivity contribution in [2.45, 2.75) is 32.7 Å². The largest absolute Gasteiger partial charge is 0.481 e. The van der Waals surface area contributed by atoms with E-state index in [1.807, 2.05) is 0 Å². The Bertz CT molecular complexity index is 272. The maximum Gasteiger partial charge on any atom is 0.303 e. The molecule has 0 aromatic rings. The summed E-state index contributed by atoms with van der Waals surface area (Å²) < 4.78 is 0.949. The molecule has 0 spiro atoms. The Morgan fingerprint density at radius 3 is 2.88 bits per heavy atom. The maximum absolute atomic E-state index is 10.4. The van der Waals surface area contributed by atoms with E-state index in [9.17, 15) is 4.79 Å². The second-order valence-electron chi connectivity index (χ2n) is 4.14. The molecule has 0 aromatic carbocycles. The Morgan fingerprint density at radius 1 is 1.62 bits per heavy atom. The van der Waals surface area contributed by atoms with E-state index in [-0.39, 0.29) is 6.42 Å². The summed E-state index contributed by atoms with van der Waals surface area (Å²) in [5.41, 5.74) is 0. The second-order valence-corrected chi connectivity index (χ2v) is 5.71. The van der Waals surface area contributed by atoms with E-state index < -0.39 is 5.97 Å². The molecule has 0 atom stereocenters. The summed E-state index contributed by atoms with van der Waals surface area (Å²) >= 11 is 6.94. The second kappa shape index (κ2) is 6.42. The molecule has 0 bridgehead atoms. The van der Waals surface area contributed by atoms with Crippen LogP contribution in [-0.2, 0) is 4.79 Å². The fraction of sp³-hybridized carbons (Fsp3) is 0.800. The predicted molar refractivity (Wildman–Crippen MR) is 70.5 cm³/mol. The van der Waals surface area contributed by atoms with Gasteiger partial charge in [-0.25, -0.2) is 0 Å². The number of thiocarbonyl (C=S) groups is 1. The Hall–Kier alpha value is -0.330. The monoisotopic (exact) mass is 262 g/mol. The van der Waals surface area contributed by atoms with Gasteiger partial charge in [-0.3, -0.25) is 9.69 Å². The molecule has 0 aliphatic carbocycles. The molecule has 0 radical (unpaired) electrons. The van der Waals surface area contributed by atoms with E-state index in [1.54, 1.807) is 11.8 Å². The summed E-state index contributed by atoms with van der Waals surface area (Å²) in [5.74, 6) is 0.155. The smallest absolute Gasteiger partial charge is 0.303 e. The summed E-state index contributed by atoms with van der Waals surface area (Å²) in [5, 5.41) is 8.57. The minimum absolute atomic E-state index is 0.243. The molecule has 1 rings (SSSR count). The van der Waals surface area contributed by atoms with E-state index in [0.29, 0.717) is 12.5 Å². The van der Waals surface area contributed by atoms with Crippen molar-refractivity contribution in [1.82, 2.24) is 9.80 Å². The average Bonchev–Trinajstić information content (AvgIpc) is 2.19. The lowest BCUT2D eigenvalue weighted by Gasteiger charge is -2.39. The first-order valence-corrected chi connectivity index (χ1v) is 6.77. The molecule has 0 aromatic heterocycles. The lowest BCUT2D eigenvalue weighted by atomic mass is 10.3. The zero-order valence-electron chi connectivity index (χ0n) is 9.68. The first-order chi connectivity index (χ1) is 7.50. The fourth-order valence-electron chi connectivity index (χ4n) is 1.51. The number of rotatable bonds is 5. The topological polar surface area (TPSA) is 43.8 Å². The molecular weight excluding hydrogens is 244 g/mol. The Morgan fingerprint density at radius 2 is 2.31 bits per heavy atom. The molecule has 1 fully saturated rings. The Labute approximate surface area is 106 Å². The number of carbonyl (C=O) groups is 1. The van der Waals surface area contributed by atoms with Gasteiger partial charge in [-0.2, -0.15) is 0 Å². The van der Waals surface area contributed by atoms with E-state index in [4.69, 9.17) is 17.3 Å². The fourth-order valence-corrected chi connectivity index (χ4v) is 2.87. The standard InChI is InChI=1S/C10H18N2O2S2/c1-8(2)12-6-11(7-16-10(12)15)5-3-4-9(13)14/h8H,3-7H2,1-2H3,(H,13,14). The number of carboxylic acid groups (broad SMARTS) is 1. The van der Waals surface area contributed by atoms with Gasteiger partial charge in [-0.1, -0.05) is 24.0 Å². The van der Waals surface area contributed by atoms with Crippen LogP contribution in [0, 0.1) is 0 Å². The minimum atomic E-state index is -0.721. The van der Waals surface area contributed by atoms with Crippen LogP contribution in [-0.4, -0.2) is 50.3 Å². The van der Waals surface area contributed by atoms with Gasteiger partial charge in [0.2, 0.25) is 0 Å². The molecule has 6 heteroatoms. The van der Waals surface area contributed by atoms with Crippen LogP contribution in [0.2, 0.25) is 0 Å². The number of thioether (sulfide) groups is 1. The van der Waals surface area contributed by atoms with Gasteiger partial charge in [0.25, 0.3) is 0 Å². The van der Waals surface area contributed by atoms with Crippen molar-refractivity contribution in [2.24, 2.45) is 0 Å². The van der Waals surface area contributed by atoms with Gasteiger partial charge in [0.1, 0.15) is 4.32 Å². The lowest BCUT2D eigenvalue weighted by Crippen LogP contribution is -2.48. The minimum Gasteiger partial charge on any atom is -0.481 e. The number of aliphatic carboxylic acids is 1. The van der Waals surface area contributed by atoms with Crippen LogP contribution < -0.4 is 0 Å². The van der Waals surface area contributed by atoms with Crippen LogP contribution in [0.15, 0.2) is 0 Å². The van der Waals surface area contributed by atoms with Crippen LogP contribution in [0.25, 0.3) is 0 Å². The van der Waals surface area contributed by atoms with Gasteiger partial charge >= 0.3 is 5.97 Å². The van der Waals surface area contributed by atoms with Gasteiger partial charge in [-0.05, 0) is 20.3 Å². The molecule has 1 heterocycles. The molecule has 0 unspecified atom stereocenters. The highest BCUT2D eigenvalue weighted by Gasteiger charge is 2.23. The Kier molecular flexibility index (Phi) is 5.51. The van der Waals surface area contributed by atoms with Crippen molar-refractivity contribution in [3.8, 4) is 0 Å². The number of carboxylic acids is 1. The highest BCUT2D eigenvalue weighted by Crippen LogP contribution is 2.20. The molecular formula is C10H18N2O2S2. The summed E-state index contributed by atoms with van der Waals surface area (Å²) in [4.78, 5) is 14.8. The van der Waals surface area contributed by atoms with E-state index in [1.165, 1.54) is 0 Å². The van der Waals surface area contributed by atoms with Gasteiger partial charge < -0.3 is 10.0 Å². The van der Waals surface area contributed by atoms with Crippen LogP contribution in [0.4, 0.5) is 0 Å². The third kappa shape index (κ3) is 4.27. The zero-order valence-corrected chi connectivity index (χ0v) is 11.3. The predicted octanol–water partition coefficient (Wildman–Crippen LogP) is 1.81. The molecule has 16 heavy (non-hydrogen) atoms. The molecule has 1 aliphatic rings. The molecule has 0 amide bonds. The number of nitrogens with zero attached hydrogens (tertiary/aromatic N) is 2. The summed E-state index contributed by atoms with van der Waals surface area (Å²) in [6.07, 6.45) is 0.946. The molecule has 0 saturated carbocycles. The van der Waals surface area contributed by atoms with Gasteiger partial charge in [0, 0.05) is 19.0 Å². The SMILES string of the molecule is CC(C)N1CN(CCCC(=O)O)CSC1=S. The summed E-state index contributed by atoms with van der Waals surface area (Å²) in [6, 6.07) is 0.405. The first kappa shape index (κ1) is 13.7. The third-order valence-corrected chi connectivity index (χ3v) is 4.01. The normalized spacial score (nSPS) is 18.2. The van der Waals surface area contributed by atoms with Crippen LogP contribution >= 0.6 is 24.0 Å². The van der Waals surface area contributed by atoms with Crippen molar-refractivity contribution in [2.75, 3.05) is 19.1 Å². The van der Waals surface area contributed by atoms with Gasteiger partial charge in [0.05, 0.1) is 12.5 Å². The first-order valence-electron chi connectivity index (χ1n) is 5.38. The highest BCUT2D eigenvalue weighted by molar-refractivity contribution is 8.22. The summed E-state index contributed by atoms with van der Waals surface area (Å²) in [6.45, 7) is 5.88. The number of hydrogen-bond donors (Lipinski definition) is 1. The van der Waals surface area contributed by atoms with Crippen molar-refractivity contribution in [3.63, 3.8) is 0 Å². The van der Waals surface area contributed by atoms with Gasteiger partial charge in [-0.15, -0.1) is 0 Å². The van der Waals surface area contributed by atoms with Crippen LogP contribution in [0.5, 0.6) is 0 Å². The number of hydrogen-bond acceptors (Lipinski definition) is 4. The molecule has 92 valence electrons. The average molecular weight is 262 g/mol. The van der Waals surface area contributed by atoms with E-state index in [2.05, 4.69) is 23.6 Å². The third-order valence-electron chi connectivity index (χ3n) is 2.45. The van der Waals surface area contributed by atoms with Crippen molar-refractivity contribution in [1.29, 1.82) is 0 Å². The van der Waals surface area contributed by atoms with Crippen molar-refractivity contribution >= 4 is 34.3 Å². The highest BCUT2D eigenvalue weighted by atomic mass is 32.2. The molecule has 4 nitrogen and oxygen atoms in total. The Balaban J connectivity index is 2.34.